The first-order valence-corrected chi connectivity index (χ1v) is 12.3. The van der Waals surface area contributed by atoms with Crippen LogP contribution in [0.3, 0.4) is 0 Å². The Morgan fingerprint density at radius 1 is 1.09 bits per heavy atom. The van der Waals surface area contributed by atoms with Gasteiger partial charge in [0.05, 0.1) is 0 Å². The molecule has 2 aromatic rings. The lowest BCUT2D eigenvalue weighted by Gasteiger charge is -2.45. The van der Waals surface area contributed by atoms with Crippen LogP contribution >= 0.6 is 0 Å². The van der Waals surface area contributed by atoms with Crippen LogP contribution in [0.5, 0.6) is 0 Å². The molecule has 1 amide bonds. The van der Waals surface area contributed by atoms with E-state index in [0.29, 0.717) is 17.8 Å². The average molecular weight is 438 g/mol. The molecule has 1 unspecified atom stereocenters. The van der Waals surface area contributed by atoms with Crippen LogP contribution < -0.4 is 5.73 Å². The van der Waals surface area contributed by atoms with E-state index in [1.165, 1.54) is 24.0 Å². The van der Waals surface area contributed by atoms with Gasteiger partial charge in [0.1, 0.15) is 0 Å². The van der Waals surface area contributed by atoms with Crippen molar-refractivity contribution in [1.82, 2.24) is 4.90 Å². The standard InChI is InChI=1S/C29H31N3O/c1-32-26(33)29(31-27(32)30)25-18-22(10-9-20-7-8-20)11-12-24(25)19-28(29)15-13-23(14-16-28)17-21-5-3-2-4-6-21/h2-6,11-12,18,20,23H,7-8,13-17,19H2,1H3,(H2,30,31). The van der Waals surface area contributed by atoms with Gasteiger partial charge in [-0.2, -0.15) is 0 Å². The first kappa shape index (κ1) is 20.5. The molecule has 2 fully saturated rings. The van der Waals surface area contributed by atoms with Gasteiger partial charge in [0.15, 0.2) is 11.5 Å². The molecule has 4 nitrogen and oxygen atoms in total. The van der Waals surface area contributed by atoms with E-state index in [1.54, 1.807) is 11.9 Å². The second-order valence-electron chi connectivity index (χ2n) is 10.6. The first-order valence-electron chi connectivity index (χ1n) is 12.3. The van der Waals surface area contributed by atoms with Crippen molar-refractivity contribution < 1.29 is 4.79 Å². The highest BCUT2D eigenvalue weighted by atomic mass is 16.2. The number of likely N-dealkylation sites (N-methyl/N-ethyl adjacent to an activating group) is 1. The van der Waals surface area contributed by atoms with Crippen LogP contribution in [0.15, 0.2) is 53.5 Å². The van der Waals surface area contributed by atoms with Crippen LogP contribution in [0.4, 0.5) is 0 Å². The molecule has 4 heteroatoms. The number of hydrogen-bond acceptors (Lipinski definition) is 3. The van der Waals surface area contributed by atoms with Crippen molar-refractivity contribution in [2.45, 2.75) is 56.9 Å². The van der Waals surface area contributed by atoms with Crippen molar-refractivity contribution in [2.75, 3.05) is 7.05 Å². The van der Waals surface area contributed by atoms with Crippen molar-refractivity contribution >= 4 is 11.9 Å². The third-order valence-electron chi connectivity index (χ3n) is 8.46. The Labute approximate surface area is 196 Å². The van der Waals surface area contributed by atoms with Gasteiger partial charge in [0, 0.05) is 23.9 Å². The van der Waals surface area contributed by atoms with Gasteiger partial charge in [-0.25, -0.2) is 4.99 Å². The fourth-order valence-corrected chi connectivity index (χ4v) is 6.42. The van der Waals surface area contributed by atoms with E-state index in [1.807, 2.05) is 0 Å². The highest BCUT2D eigenvalue weighted by Gasteiger charge is 2.66. The number of benzene rings is 2. The first-order chi connectivity index (χ1) is 16.0. The van der Waals surface area contributed by atoms with E-state index < -0.39 is 5.54 Å². The van der Waals surface area contributed by atoms with Crippen molar-refractivity contribution in [3.63, 3.8) is 0 Å². The molecule has 1 atom stereocenters. The zero-order chi connectivity index (χ0) is 22.6. The summed E-state index contributed by atoms with van der Waals surface area (Å²) in [5.74, 6) is 8.29. The molecule has 168 valence electrons. The van der Waals surface area contributed by atoms with Crippen molar-refractivity contribution in [1.29, 1.82) is 0 Å². The number of amides is 1. The molecular formula is C29H31N3O. The molecule has 0 aromatic heterocycles. The van der Waals surface area contributed by atoms with E-state index in [-0.39, 0.29) is 11.3 Å². The lowest BCUT2D eigenvalue weighted by atomic mass is 9.59. The third kappa shape index (κ3) is 3.21. The Morgan fingerprint density at radius 3 is 2.52 bits per heavy atom. The smallest absolute Gasteiger partial charge is 0.262 e. The Bertz CT molecular complexity index is 1190. The Balaban J connectivity index is 1.35. The second kappa shape index (κ2) is 7.48. The number of nitrogens with zero attached hydrogens (tertiary/aromatic N) is 2. The summed E-state index contributed by atoms with van der Waals surface area (Å²) < 4.78 is 0. The van der Waals surface area contributed by atoms with E-state index in [4.69, 9.17) is 10.7 Å². The van der Waals surface area contributed by atoms with Gasteiger partial charge < -0.3 is 5.73 Å². The van der Waals surface area contributed by atoms with Gasteiger partial charge >= 0.3 is 0 Å². The van der Waals surface area contributed by atoms with Crippen molar-refractivity contribution in [2.24, 2.45) is 28.0 Å². The minimum absolute atomic E-state index is 0.0348. The van der Waals surface area contributed by atoms with E-state index in [0.717, 1.165) is 49.7 Å². The molecule has 1 heterocycles. The zero-order valence-corrected chi connectivity index (χ0v) is 19.3. The number of carbonyl (C=O) groups is 1. The number of hydrogen-bond donors (Lipinski definition) is 1. The minimum Gasteiger partial charge on any atom is -0.369 e. The summed E-state index contributed by atoms with van der Waals surface area (Å²) >= 11 is 0. The van der Waals surface area contributed by atoms with Crippen LogP contribution in [0.2, 0.25) is 0 Å². The van der Waals surface area contributed by atoms with Crippen LogP contribution in [0.1, 0.15) is 60.8 Å². The quantitative estimate of drug-likeness (QED) is 0.708. The number of fused-ring (bicyclic) bond motifs is 3. The Kier molecular flexibility index (Phi) is 4.66. The largest absolute Gasteiger partial charge is 0.369 e. The van der Waals surface area contributed by atoms with E-state index in [9.17, 15) is 4.79 Å². The van der Waals surface area contributed by atoms with Crippen LogP contribution in [-0.4, -0.2) is 23.8 Å². The number of guanidine groups is 1. The maximum absolute atomic E-state index is 13.8. The van der Waals surface area contributed by atoms with Crippen LogP contribution in [0, 0.1) is 29.1 Å². The normalized spacial score (nSPS) is 30.3. The molecule has 33 heavy (non-hydrogen) atoms. The summed E-state index contributed by atoms with van der Waals surface area (Å²) in [6, 6.07) is 17.2. The molecule has 1 aliphatic heterocycles. The maximum Gasteiger partial charge on any atom is 0.262 e. The van der Waals surface area contributed by atoms with Gasteiger partial charge in [0.25, 0.3) is 5.91 Å². The molecule has 0 saturated heterocycles. The molecule has 2 spiro atoms. The number of rotatable bonds is 2. The number of aliphatic imine (C=N–C) groups is 1. The summed E-state index contributed by atoms with van der Waals surface area (Å²) in [6.07, 6.45) is 8.65. The number of carbonyl (C=O) groups excluding carboxylic acids is 1. The molecule has 2 aromatic carbocycles. The fourth-order valence-electron chi connectivity index (χ4n) is 6.42. The fraction of sp³-hybridized carbons (Fsp3) is 0.448. The van der Waals surface area contributed by atoms with E-state index in [2.05, 4.69) is 60.4 Å². The topological polar surface area (TPSA) is 58.7 Å². The molecule has 3 aliphatic carbocycles. The monoisotopic (exact) mass is 437 g/mol. The maximum atomic E-state index is 13.8. The van der Waals surface area contributed by atoms with Gasteiger partial charge in [0.2, 0.25) is 0 Å². The number of nitrogens with two attached hydrogens (primary N) is 1. The molecule has 6 rings (SSSR count). The average Bonchev–Trinajstić information content (AvgIpc) is 3.59. The van der Waals surface area contributed by atoms with Gasteiger partial charge in [-0.15, -0.1) is 0 Å². The summed E-state index contributed by atoms with van der Waals surface area (Å²) in [5, 5.41) is 0. The van der Waals surface area contributed by atoms with Crippen LogP contribution in [-0.2, 0) is 23.2 Å². The summed E-state index contributed by atoms with van der Waals surface area (Å²) in [6.45, 7) is 0. The Morgan fingerprint density at radius 2 is 1.85 bits per heavy atom. The highest BCUT2D eigenvalue weighted by Crippen LogP contribution is 2.62. The van der Waals surface area contributed by atoms with Crippen molar-refractivity contribution in [3.05, 3.63) is 70.8 Å². The second-order valence-corrected chi connectivity index (χ2v) is 10.6. The summed E-state index contributed by atoms with van der Waals surface area (Å²) in [7, 11) is 1.76. The molecule has 0 bridgehead atoms. The van der Waals surface area contributed by atoms with Gasteiger partial charge in [-0.3, -0.25) is 9.69 Å². The minimum atomic E-state index is -0.893. The van der Waals surface area contributed by atoms with Gasteiger partial charge in [-0.1, -0.05) is 48.2 Å². The molecule has 2 saturated carbocycles. The third-order valence-corrected chi connectivity index (χ3v) is 8.46. The molecule has 0 radical (unpaired) electrons. The lowest BCUT2D eigenvalue weighted by Crippen LogP contribution is -2.51. The highest BCUT2D eigenvalue weighted by molar-refractivity contribution is 6.08. The van der Waals surface area contributed by atoms with E-state index >= 15 is 0 Å². The summed E-state index contributed by atoms with van der Waals surface area (Å²) in [4.78, 5) is 20.4. The summed E-state index contributed by atoms with van der Waals surface area (Å²) in [5.41, 5.74) is 9.87. The predicted molar refractivity (Wildman–Crippen MR) is 130 cm³/mol. The SMILES string of the molecule is CN1C(=O)C2(N=C1N)c1cc(C#CC3CC3)ccc1CC21CCC(Cc2ccccc2)CC1. The Hall–Kier alpha value is -3.06. The molecule has 2 N–H and O–H groups in total. The predicted octanol–water partition coefficient (Wildman–Crippen LogP) is 4.41. The zero-order valence-electron chi connectivity index (χ0n) is 19.3. The molecular weight excluding hydrogens is 406 g/mol. The van der Waals surface area contributed by atoms with Gasteiger partial charge in [-0.05, 0) is 86.1 Å². The van der Waals surface area contributed by atoms with Crippen molar-refractivity contribution in [3.8, 4) is 11.8 Å². The van der Waals surface area contributed by atoms with Crippen LogP contribution in [0.25, 0.3) is 0 Å². The lowest BCUT2D eigenvalue weighted by molar-refractivity contribution is -0.136. The molecule has 4 aliphatic rings.